The first kappa shape index (κ1) is 12.8. The summed E-state index contributed by atoms with van der Waals surface area (Å²) in [7, 11) is 0. The summed E-state index contributed by atoms with van der Waals surface area (Å²) in [5, 5.41) is 13.3. The SMILES string of the molecule is C[C@H](NC(=O)c1ccc([N+](=O)[O-])cc1)c1ccco1. The lowest BCUT2D eigenvalue weighted by Gasteiger charge is -2.11. The van der Waals surface area contributed by atoms with Gasteiger partial charge in [-0.15, -0.1) is 0 Å². The average molecular weight is 260 g/mol. The number of furan rings is 1. The largest absolute Gasteiger partial charge is 0.467 e. The van der Waals surface area contributed by atoms with Crippen molar-refractivity contribution in [2.24, 2.45) is 0 Å². The van der Waals surface area contributed by atoms with Crippen molar-refractivity contribution in [2.75, 3.05) is 0 Å². The summed E-state index contributed by atoms with van der Waals surface area (Å²) in [5.74, 6) is 0.342. The molecule has 1 N–H and O–H groups in total. The van der Waals surface area contributed by atoms with Gasteiger partial charge in [0.25, 0.3) is 11.6 Å². The number of hydrogen-bond donors (Lipinski definition) is 1. The van der Waals surface area contributed by atoms with Crippen LogP contribution in [-0.4, -0.2) is 10.8 Å². The Bertz CT molecular complexity index is 575. The van der Waals surface area contributed by atoms with E-state index in [0.29, 0.717) is 11.3 Å². The van der Waals surface area contributed by atoms with Crippen molar-refractivity contribution in [1.82, 2.24) is 5.32 Å². The number of benzene rings is 1. The molecule has 0 aliphatic rings. The molecule has 6 heteroatoms. The van der Waals surface area contributed by atoms with Crippen LogP contribution in [0.3, 0.4) is 0 Å². The summed E-state index contributed by atoms with van der Waals surface area (Å²) in [5.41, 5.74) is 0.319. The van der Waals surface area contributed by atoms with Gasteiger partial charge >= 0.3 is 0 Å². The smallest absolute Gasteiger partial charge is 0.269 e. The van der Waals surface area contributed by atoms with Gasteiger partial charge in [0, 0.05) is 17.7 Å². The molecule has 1 aromatic heterocycles. The molecule has 1 aromatic carbocycles. The Hall–Kier alpha value is -2.63. The Balaban J connectivity index is 2.05. The number of hydrogen-bond acceptors (Lipinski definition) is 4. The summed E-state index contributed by atoms with van der Waals surface area (Å²) in [6.07, 6.45) is 1.53. The summed E-state index contributed by atoms with van der Waals surface area (Å²) in [6, 6.07) is 8.67. The van der Waals surface area contributed by atoms with Gasteiger partial charge in [-0.25, -0.2) is 0 Å². The highest BCUT2D eigenvalue weighted by atomic mass is 16.6. The third kappa shape index (κ3) is 2.98. The van der Waals surface area contributed by atoms with Crippen molar-refractivity contribution < 1.29 is 14.1 Å². The summed E-state index contributed by atoms with van der Waals surface area (Å²) >= 11 is 0. The lowest BCUT2D eigenvalue weighted by atomic mass is 10.1. The highest BCUT2D eigenvalue weighted by molar-refractivity contribution is 5.94. The van der Waals surface area contributed by atoms with E-state index < -0.39 is 4.92 Å². The summed E-state index contributed by atoms with van der Waals surface area (Å²) in [4.78, 5) is 21.9. The molecule has 0 bridgehead atoms. The van der Waals surface area contributed by atoms with Gasteiger partial charge in [0.15, 0.2) is 0 Å². The first-order chi connectivity index (χ1) is 9.08. The van der Waals surface area contributed by atoms with Gasteiger partial charge < -0.3 is 9.73 Å². The zero-order valence-corrected chi connectivity index (χ0v) is 10.2. The van der Waals surface area contributed by atoms with E-state index in [9.17, 15) is 14.9 Å². The van der Waals surface area contributed by atoms with Crippen LogP contribution in [0, 0.1) is 10.1 Å². The second-order valence-corrected chi connectivity index (χ2v) is 4.01. The minimum Gasteiger partial charge on any atom is -0.467 e. The standard InChI is InChI=1S/C13H12N2O4/c1-9(12-3-2-8-19-12)14-13(16)10-4-6-11(7-5-10)15(17)18/h2-9H,1H3,(H,14,16)/t9-/m0/s1. The Morgan fingerprint density at radius 2 is 2.00 bits per heavy atom. The van der Waals surface area contributed by atoms with Crippen molar-refractivity contribution >= 4 is 11.6 Å². The molecular formula is C13H12N2O4. The second kappa shape index (κ2) is 5.34. The van der Waals surface area contributed by atoms with E-state index in [1.165, 1.54) is 30.5 Å². The van der Waals surface area contributed by atoms with E-state index >= 15 is 0 Å². The van der Waals surface area contributed by atoms with Crippen LogP contribution in [-0.2, 0) is 0 Å². The van der Waals surface area contributed by atoms with Gasteiger partial charge in [-0.3, -0.25) is 14.9 Å². The molecule has 2 aromatic rings. The lowest BCUT2D eigenvalue weighted by Crippen LogP contribution is -2.26. The van der Waals surface area contributed by atoms with E-state index in [4.69, 9.17) is 4.42 Å². The van der Waals surface area contributed by atoms with Crippen LogP contribution in [0.25, 0.3) is 0 Å². The number of rotatable bonds is 4. The second-order valence-electron chi connectivity index (χ2n) is 4.01. The van der Waals surface area contributed by atoms with Crippen LogP contribution >= 0.6 is 0 Å². The van der Waals surface area contributed by atoms with E-state index in [2.05, 4.69) is 5.32 Å². The molecule has 98 valence electrons. The zero-order valence-electron chi connectivity index (χ0n) is 10.2. The Morgan fingerprint density at radius 1 is 1.32 bits per heavy atom. The molecule has 1 amide bonds. The van der Waals surface area contributed by atoms with Crippen LogP contribution in [0.5, 0.6) is 0 Å². The minimum atomic E-state index is -0.507. The molecule has 1 atom stereocenters. The highest BCUT2D eigenvalue weighted by Crippen LogP contribution is 2.15. The van der Waals surface area contributed by atoms with Crippen LogP contribution in [0.1, 0.15) is 29.1 Å². The van der Waals surface area contributed by atoms with Crippen molar-refractivity contribution in [3.8, 4) is 0 Å². The van der Waals surface area contributed by atoms with Gasteiger partial charge in [0.2, 0.25) is 0 Å². The third-order valence-corrected chi connectivity index (χ3v) is 2.66. The first-order valence-electron chi connectivity index (χ1n) is 5.66. The maximum absolute atomic E-state index is 11.9. The van der Waals surface area contributed by atoms with Gasteiger partial charge in [-0.2, -0.15) is 0 Å². The molecule has 0 fully saturated rings. The normalized spacial score (nSPS) is 11.8. The van der Waals surface area contributed by atoms with E-state index in [0.717, 1.165) is 0 Å². The molecule has 0 radical (unpaired) electrons. The monoisotopic (exact) mass is 260 g/mol. The topological polar surface area (TPSA) is 85.4 Å². The molecule has 0 aliphatic heterocycles. The number of non-ortho nitro benzene ring substituents is 1. The Kier molecular flexibility index (Phi) is 3.61. The molecule has 0 saturated carbocycles. The van der Waals surface area contributed by atoms with Gasteiger partial charge in [-0.05, 0) is 31.2 Å². The molecule has 2 rings (SSSR count). The van der Waals surface area contributed by atoms with E-state index in [-0.39, 0.29) is 17.6 Å². The molecular weight excluding hydrogens is 248 g/mol. The van der Waals surface area contributed by atoms with Crippen LogP contribution in [0.2, 0.25) is 0 Å². The van der Waals surface area contributed by atoms with Gasteiger partial charge in [0.1, 0.15) is 5.76 Å². The molecule has 6 nitrogen and oxygen atoms in total. The fourth-order valence-electron chi connectivity index (χ4n) is 1.62. The number of nitro groups is 1. The number of nitro benzene ring substituents is 1. The molecule has 19 heavy (non-hydrogen) atoms. The maximum Gasteiger partial charge on any atom is 0.269 e. The number of nitrogens with one attached hydrogen (secondary N) is 1. The molecule has 0 saturated heterocycles. The van der Waals surface area contributed by atoms with E-state index in [1.807, 2.05) is 0 Å². The lowest BCUT2D eigenvalue weighted by molar-refractivity contribution is -0.384. The van der Waals surface area contributed by atoms with Crippen molar-refractivity contribution in [3.63, 3.8) is 0 Å². The minimum absolute atomic E-state index is 0.0457. The molecule has 0 spiro atoms. The first-order valence-corrected chi connectivity index (χ1v) is 5.66. The number of carbonyl (C=O) groups is 1. The van der Waals surface area contributed by atoms with Crippen LogP contribution < -0.4 is 5.32 Å². The molecule has 0 unspecified atom stereocenters. The summed E-state index contributed by atoms with van der Waals surface area (Å²) in [6.45, 7) is 1.79. The van der Waals surface area contributed by atoms with Gasteiger partial charge in [-0.1, -0.05) is 0 Å². The predicted octanol–water partition coefficient (Wildman–Crippen LogP) is 2.68. The predicted molar refractivity (Wildman–Crippen MR) is 67.7 cm³/mol. The average Bonchev–Trinajstić information content (AvgIpc) is 2.92. The zero-order chi connectivity index (χ0) is 13.8. The number of carbonyl (C=O) groups excluding carboxylic acids is 1. The fourth-order valence-corrected chi connectivity index (χ4v) is 1.62. The van der Waals surface area contributed by atoms with Crippen molar-refractivity contribution in [2.45, 2.75) is 13.0 Å². The molecule has 1 heterocycles. The number of nitrogens with zero attached hydrogens (tertiary/aromatic N) is 1. The summed E-state index contributed by atoms with van der Waals surface area (Å²) < 4.78 is 5.18. The van der Waals surface area contributed by atoms with Crippen molar-refractivity contribution in [3.05, 3.63) is 64.1 Å². The quantitative estimate of drug-likeness (QED) is 0.676. The highest BCUT2D eigenvalue weighted by Gasteiger charge is 2.14. The Labute approximate surface area is 109 Å². The van der Waals surface area contributed by atoms with Gasteiger partial charge in [0.05, 0.1) is 17.2 Å². The number of amides is 1. The van der Waals surface area contributed by atoms with E-state index in [1.54, 1.807) is 19.1 Å². The van der Waals surface area contributed by atoms with Crippen LogP contribution in [0.4, 0.5) is 5.69 Å². The Morgan fingerprint density at radius 3 is 2.53 bits per heavy atom. The van der Waals surface area contributed by atoms with Crippen molar-refractivity contribution in [1.29, 1.82) is 0 Å². The maximum atomic E-state index is 11.9. The van der Waals surface area contributed by atoms with Crippen LogP contribution in [0.15, 0.2) is 47.1 Å². The molecule has 0 aliphatic carbocycles. The fraction of sp³-hybridized carbons (Fsp3) is 0.154. The third-order valence-electron chi connectivity index (χ3n) is 2.66.